The van der Waals surface area contributed by atoms with Crippen molar-refractivity contribution >= 4 is 5.91 Å². The third-order valence-electron chi connectivity index (χ3n) is 2.56. The highest BCUT2D eigenvalue weighted by atomic mass is 16.3. The molecule has 1 amide bonds. The molecule has 0 unspecified atom stereocenters. The number of hydrogen-bond acceptors (Lipinski definition) is 3. The van der Waals surface area contributed by atoms with Crippen LogP contribution in [0.25, 0.3) is 0 Å². The Hall–Kier alpha value is -2.30. The summed E-state index contributed by atoms with van der Waals surface area (Å²) in [5.74, 6) is 0.457. The van der Waals surface area contributed by atoms with Crippen molar-refractivity contribution in [2.24, 2.45) is 0 Å². The van der Waals surface area contributed by atoms with E-state index in [1.807, 2.05) is 0 Å². The van der Waals surface area contributed by atoms with Crippen molar-refractivity contribution in [3.63, 3.8) is 0 Å². The maximum atomic E-state index is 11.7. The number of aromatic nitrogens is 1. The van der Waals surface area contributed by atoms with E-state index in [9.17, 15) is 9.59 Å². The van der Waals surface area contributed by atoms with E-state index in [1.165, 1.54) is 4.57 Å². The molecular weight excluding hydrogens is 232 g/mol. The molecule has 0 aliphatic carbocycles. The lowest BCUT2D eigenvalue weighted by atomic mass is 10.3. The molecule has 2 aromatic rings. The lowest BCUT2D eigenvalue weighted by Gasteiger charge is -2.06. The molecule has 0 bridgehead atoms. The number of nitrogens with one attached hydrogen (secondary N) is 1. The average molecular weight is 246 g/mol. The molecule has 5 nitrogen and oxygen atoms in total. The number of aryl methyl sites for hydroxylation is 1. The van der Waals surface area contributed by atoms with Gasteiger partial charge in [0.15, 0.2) is 0 Å². The minimum Gasteiger partial charge on any atom is -0.467 e. The SMILES string of the molecule is Cc1cccn(CC(=O)NCc2ccco2)c1=O. The number of pyridine rings is 1. The van der Waals surface area contributed by atoms with Gasteiger partial charge in [0.1, 0.15) is 12.3 Å². The maximum absolute atomic E-state index is 11.7. The smallest absolute Gasteiger partial charge is 0.253 e. The van der Waals surface area contributed by atoms with Gasteiger partial charge in [-0.3, -0.25) is 9.59 Å². The van der Waals surface area contributed by atoms with Crippen LogP contribution in [0.4, 0.5) is 0 Å². The molecule has 94 valence electrons. The molecule has 0 aliphatic heterocycles. The Balaban J connectivity index is 1.95. The van der Waals surface area contributed by atoms with Gasteiger partial charge in [-0.15, -0.1) is 0 Å². The van der Waals surface area contributed by atoms with Crippen molar-refractivity contribution in [1.82, 2.24) is 9.88 Å². The molecule has 0 radical (unpaired) electrons. The van der Waals surface area contributed by atoms with Gasteiger partial charge in [-0.2, -0.15) is 0 Å². The lowest BCUT2D eigenvalue weighted by Crippen LogP contribution is -2.32. The topological polar surface area (TPSA) is 64.2 Å². The zero-order valence-corrected chi connectivity index (χ0v) is 10.1. The van der Waals surface area contributed by atoms with E-state index in [2.05, 4.69) is 5.32 Å². The third kappa shape index (κ3) is 2.88. The van der Waals surface area contributed by atoms with Gasteiger partial charge >= 0.3 is 0 Å². The molecule has 5 heteroatoms. The Labute approximate surface area is 104 Å². The van der Waals surface area contributed by atoms with Gasteiger partial charge in [-0.1, -0.05) is 6.07 Å². The monoisotopic (exact) mass is 246 g/mol. The molecule has 2 rings (SSSR count). The van der Waals surface area contributed by atoms with Crippen LogP contribution in [0.5, 0.6) is 0 Å². The minimum atomic E-state index is -0.223. The summed E-state index contributed by atoms with van der Waals surface area (Å²) in [6, 6.07) is 7.00. The van der Waals surface area contributed by atoms with Gasteiger partial charge in [0, 0.05) is 11.8 Å². The first-order valence-electron chi connectivity index (χ1n) is 5.62. The molecule has 18 heavy (non-hydrogen) atoms. The Morgan fingerprint density at radius 2 is 2.22 bits per heavy atom. The Morgan fingerprint density at radius 3 is 2.94 bits per heavy atom. The van der Waals surface area contributed by atoms with Crippen LogP contribution in [0, 0.1) is 6.92 Å². The fraction of sp³-hybridized carbons (Fsp3) is 0.231. The summed E-state index contributed by atoms with van der Waals surface area (Å²) >= 11 is 0. The molecule has 0 aliphatic rings. The number of furan rings is 1. The zero-order valence-electron chi connectivity index (χ0n) is 10.1. The van der Waals surface area contributed by atoms with Gasteiger partial charge < -0.3 is 14.3 Å². The fourth-order valence-corrected chi connectivity index (χ4v) is 1.59. The summed E-state index contributed by atoms with van der Waals surface area (Å²) in [6.07, 6.45) is 3.15. The maximum Gasteiger partial charge on any atom is 0.253 e. The van der Waals surface area contributed by atoms with Gasteiger partial charge in [0.2, 0.25) is 5.91 Å². The van der Waals surface area contributed by atoms with Crippen molar-refractivity contribution in [1.29, 1.82) is 0 Å². The molecule has 0 spiro atoms. The zero-order chi connectivity index (χ0) is 13.0. The quantitative estimate of drug-likeness (QED) is 0.877. The van der Waals surface area contributed by atoms with Crippen LogP contribution in [0.1, 0.15) is 11.3 Å². The molecule has 0 aromatic carbocycles. The van der Waals surface area contributed by atoms with Crippen LogP contribution >= 0.6 is 0 Å². The fourth-order valence-electron chi connectivity index (χ4n) is 1.59. The standard InChI is InChI=1S/C13H14N2O3/c1-10-4-2-6-15(13(10)17)9-12(16)14-8-11-5-3-7-18-11/h2-7H,8-9H2,1H3,(H,14,16). The largest absolute Gasteiger partial charge is 0.467 e. The van der Waals surface area contributed by atoms with Crippen molar-refractivity contribution in [3.05, 3.63) is 58.4 Å². The van der Waals surface area contributed by atoms with E-state index in [1.54, 1.807) is 43.6 Å². The Kier molecular flexibility index (Phi) is 3.62. The summed E-state index contributed by atoms with van der Waals surface area (Å²) in [5, 5.41) is 2.69. The number of amides is 1. The summed E-state index contributed by atoms with van der Waals surface area (Å²) in [4.78, 5) is 23.4. The summed E-state index contributed by atoms with van der Waals surface area (Å²) in [5.41, 5.74) is 0.474. The van der Waals surface area contributed by atoms with Crippen LogP contribution in [0.3, 0.4) is 0 Å². The Morgan fingerprint density at radius 1 is 1.39 bits per heavy atom. The number of carbonyl (C=O) groups is 1. The van der Waals surface area contributed by atoms with Gasteiger partial charge in [0.05, 0.1) is 12.8 Å². The molecule has 0 saturated heterocycles. The molecule has 1 N–H and O–H groups in total. The predicted octanol–water partition coefficient (Wildman–Crippen LogP) is 1.07. The van der Waals surface area contributed by atoms with Gasteiger partial charge in [-0.05, 0) is 25.1 Å². The van der Waals surface area contributed by atoms with Crippen molar-refractivity contribution in [2.45, 2.75) is 20.0 Å². The second-order valence-corrected chi connectivity index (χ2v) is 3.98. The van der Waals surface area contributed by atoms with Crippen LogP contribution < -0.4 is 10.9 Å². The van der Waals surface area contributed by atoms with Crippen molar-refractivity contribution in [3.8, 4) is 0 Å². The van der Waals surface area contributed by atoms with Gasteiger partial charge in [0.25, 0.3) is 5.56 Å². The molecule has 0 atom stereocenters. The van der Waals surface area contributed by atoms with Crippen LogP contribution in [-0.4, -0.2) is 10.5 Å². The van der Waals surface area contributed by atoms with E-state index in [4.69, 9.17) is 4.42 Å². The summed E-state index contributed by atoms with van der Waals surface area (Å²) < 4.78 is 6.48. The molecular formula is C13H14N2O3. The highest BCUT2D eigenvalue weighted by molar-refractivity contribution is 5.75. The van der Waals surface area contributed by atoms with Crippen molar-refractivity contribution < 1.29 is 9.21 Å². The number of rotatable bonds is 4. The van der Waals surface area contributed by atoms with E-state index < -0.39 is 0 Å². The van der Waals surface area contributed by atoms with Crippen LogP contribution in [-0.2, 0) is 17.9 Å². The summed E-state index contributed by atoms with van der Waals surface area (Å²) in [6.45, 7) is 2.06. The highest BCUT2D eigenvalue weighted by Crippen LogP contribution is 1.98. The molecule has 0 saturated carbocycles. The molecule has 2 heterocycles. The lowest BCUT2D eigenvalue weighted by molar-refractivity contribution is -0.121. The summed E-state index contributed by atoms with van der Waals surface area (Å²) in [7, 11) is 0. The van der Waals surface area contributed by atoms with E-state index in [-0.39, 0.29) is 18.0 Å². The van der Waals surface area contributed by atoms with Crippen molar-refractivity contribution in [2.75, 3.05) is 0 Å². The van der Waals surface area contributed by atoms with E-state index in [0.29, 0.717) is 17.9 Å². The minimum absolute atomic E-state index is 0.0151. The predicted molar refractivity (Wildman–Crippen MR) is 66.0 cm³/mol. The second kappa shape index (κ2) is 5.35. The Bertz CT molecular complexity index is 585. The van der Waals surface area contributed by atoms with Crippen LogP contribution in [0.15, 0.2) is 45.9 Å². The second-order valence-electron chi connectivity index (χ2n) is 3.98. The van der Waals surface area contributed by atoms with Crippen LogP contribution in [0.2, 0.25) is 0 Å². The van der Waals surface area contributed by atoms with E-state index in [0.717, 1.165) is 0 Å². The normalized spacial score (nSPS) is 10.3. The highest BCUT2D eigenvalue weighted by Gasteiger charge is 2.05. The number of hydrogen-bond donors (Lipinski definition) is 1. The van der Waals surface area contributed by atoms with E-state index >= 15 is 0 Å². The number of carbonyl (C=O) groups excluding carboxylic acids is 1. The molecule has 2 aromatic heterocycles. The van der Waals surface area contributed by atoms with Gasteiger partial charge in [-0.25, -0.2) is 0 Å². The number of nitrogens with zero attached hydrogens (tertiary/aromatic N) is 1. The first kappa shape index (κ1) is 12.2. The first-order valence-corrected chi connectivity index (χ1v) is 5.62. The third-order valence-corrected chi connectivity index (χ3v) is 2.56. The first-order chi connectivity index (χ1) is 8.66. The molecule has 0 fully saturated rings. The average Bonchev–Trinajstić information content (AvgIpc) is 2.86.